The molecule has 0 aromatic carbocycles. The van der Waals surface area contributed by atoms with Gasteiger partial charge in [-0.1, -0.05) is 6.92 Å². The molecule has 1 unspecified atom stereocenters. The van der Waals surface area contributed by atoms with Crippen molar-refractivity contribution in [1.29, 1.82) is 0 Å². The first-order valence-electron chi connectivity index (χ1n) is 8.11. The van der Waals surface area contributed by atoms with Gasteiger partial charge < -0.3 is 15.0 Å². The van der Waals surface area contributed by atoms with E-state index in [2.05, 4.69) is 37.4 Å². The van der Waals surface area contributed by atoms with E-state index in [0.29, 0.717) is 11.5 Å². The molecule has 1 rings (SSSR count). The second kappa shape index (κ2) is 10.0. The van der Waals surface area contributed by atoms with Gasteiger partial charge in [0.1, 0.15) is 0 Å². The molecule has 4 heteroatoms. The van der Waals surface area contributed by atoms with Crippen LogP contribution in [0.5, 0.6) is 0 Å². The lowest BCUT2D eigenvalue weighted by Crippen LogP contribution is -2.48. The highest BCUT2D eigenvalue weighted by Crippen LogP contribution is 2.31. The van der Waals surface area contributed by atoms with Gasteiger partial charge in [0.2, 0.25) is 0 Å². The Morgan fingerprint density at radius 3 is 2.65 bits per heavy atom. The zero-order valence-electron chi connectivity index (χ0n) is 13.9. The summed E-state index contributed by atoms with van der Waals surface area (Å²) in [5.41, 5.74) is 0.412. The largest absolute Gasteiger partial charge is 0.381 e. The van der Waals surface area contributed by atoms with Crippen LogP contribution < -0.4 is 5.32 Å². The average molecular weight is 303 g/mol. The van der Waals surface area contributed by atoms with Crippen LogP contribution in [0.1, 0.15) is 39.5 Å². The summed E-state index contributed by atoms with van der Waals surface area (Å²) in [4.78, 5) is 2.56. The normalized spacial score (nSPS) is 20.2. The van der Waals surface area contributed by atoms with E-state index in [-0.39, 0.29) is 0 Å². The predicted octanol–water partition coefficient (Wildman–Crippen LogP) is 2.86. The van der Waals surface area contributed by atoms with Gasteiger partial charge in [-0.05, 0) is 63.6 Å². The van der Waals surface area contributed by atoms with Gasteiger partial charge in [-0.25, -0.2) is 0 Å². The third-order valence-corrected chi connectivity index (χ3v) is 5.20. The number of rotatable bonds is 10. The summed E-state index contributed by atoms with van der Waals surface area (Å²) in [6.07, 6.45) is 7.09. The third kappa shape index (κ3) is 6.33. The van der Waals surface area contributed by atoms with Gasteiger partial charge in [-0.3, -0.25) is 0 Å². The summed E-state index contributed by atoms with van der Waals surface area (Å²) in [5, 5.41) is 3.65. The van der Waals surface area contributed by atoms with Gasteiger partial charge in [0.15, 0.2) is 0 Å². The maximum Gasteiger partial charge on any atom is 0.0472 e. The van der Waals surface area contributed by atoms with Crippen LogP contribution >= 0.6 is 11.8 Å². The highest BCUT2D eigenvalue weighted by Gasteiger charge is 2.34. The molecule has 20 heavy (non-hydrogen) atoms. The lowest BCUT2D eigenvalue weighted by molar-refractivity contribution is -0.00567. The molecule has 0 aromatic rings. The van der Waals surface area contributed by atoms with E-state index in [1.807, 2.05) is 11.8 Å². The number of hydrogen-bond acceptors (Lipinski definition) is 4. The molecule has 0 spiro atoms. The van der Waals surface area contributed by atoms with Gasteiger partial charge in [0.05, 0.1) is 0 Å². The highest BCUT2D eigenvalue weighted by molar-refractivity contribution is 7.98. The first kappa shape index (κ1) is 18.3. The van der Waals surface area contributed by atoms with Crippen molar-refractivity contribution >= 4 is 11.8 Å². The molecule has 0 bridgehead atoms. The summed E-state index contributed by atoms with van der Waals surface area (Å²) in [6.45, 7) is 9.94. The monoisotopic (exact) mass is 302 g/mol. The summed E-state index contributed by atoms with van der Waals surface area (Å²) in [5.74, 6) is 1.26. The number of nitrogens with one attached hydrogen (secondary N) is 1. The molecule has 120 valence electrons. The number of nitrogens with zero attached hydrogens (tertiary/aromatic N) is 1. The first-order valence-corrected chi connectivity index (χ1v) is 9.50. The second-order valence-electron chi connectivity index (χ2n) is 6.33. The maximum absolute atomic E-state index is 5.59. The van der Waals surface area contributed by atoms with E-state index in [1.165, 1.54) is 38.0 Å². The molecule has 0 aliphatic carbocycles. The minimum Gasteiger partial charge on any atom is -0.381 e. The Morgan fingerprint density at radius 2 is 2.05 bits per heavy atom. The standard InChI is InChI=1S/C16H34N2OS/c1-5-9-17-13-16(7-10-19-11-8-16)14-18(3)15(2)6-12-20-4/h15,17H,5-14H2,1-4H3. The Hall–Kier alpha value is 0.230. The van der Waals surface area contributed by atoms with Crippen LogP contribution in [-0.4, -0.2) is 62.8 Å². The fraction of sp³-hybridized carbons (Fsp3) is 1.00. The SMILES string of the molecule is CCCNCC1(CN(C)C(C)CCSC)CCOCC1. The maximum atomic E-state index is 5.59. The van der Waals surface area contributed by atoms with E-state index in [9.17, 15) is 0 Å². The van der Waals surface area contributed by atoms with Crippen molar-refractivity contribution in [2.75, 3.05) is 51.9 Å². The fourth-order valence-electron chi connectivity index (χ4n) is 2.92. The van der Waals surface area contributed by atoms with Crippen molar-refractivity contribution in [3.05, 3.63) is 0 Å². The van der Waals surface area contributed by atoms with Crippen molar-refractivity contribution in [1.82, 2.24) is 10.2 Å². The minimum absolute atomic E-state index is 0.412. The molecule has 1 fully saturated rings. The fourth-order valence-corrected chi connectivity index (χ4v) is 3.50. The quantitative estimate of drug-likeness (QED) is 0.627. The van der Waals surface area contributed by atoms with Crippen LogP contribution in [-0.2, 0) is 4.74 Å². The van der Waals surface area contributed by atoms with Crippen LogP contribution in [0.25, 0.3) is 0 Å². The summed E-state index contributed by atoms with van der Waals surface area (Å²) in [6, 6.07) is 0.674. The first-order chi connectivity index (χ1) is 9.63. The Balaban J connectivity index is 2.49. The molecule has 0 radical (unpaired) electrons. The lowest BCUT2D eigenvalue weighted by Gasteiger charge is -2.42. The summed E-state index contributed by atoms with van der Waals surface area (Å²) < 4.78 is 5.59. The molecule has 1 heterocycles. The molecule has 1 aliphatic rings. The number of ether oxygens (including phenoxy) is 1. The van der Waals surface area contributed by atoms with Crippen LogP contribution in [0.15, 0.2) is 0 Å². The van der Waals surface area contributed by atoms with Gasteiger partial charge in [-0.15, -0.1) is 0 Å². The van der Waals surface area contributed by atoms with Gasteiger partial charge in [-0.2, -0.15) is 11.8 Å². The number of thioether (sulfide) groups is 1. The average Bonchev–Trinajstić information content (AvgIpc) is 2.46. The van der Waals surface area contributed by atoms with Crippen molar-refractivity contribution in [3.8, 4) is 0 Å². The molecule has 1 atom stereocenters. The zero-order chi connectivity index (χ0) is 14.8. The molecule has 1 N–H and O–H groups in total. The topological polar surface area (TPSA) is 24.5 Å². The van der Waals surface area contributed by atoms with Gasteiger partial charge in [0.25, 0.3) is 0 Å². The Morgan fingerprint density at radius 1 is 1.35 bits per heavy atom. The Labute approximate surface area is 130 Å². The van der Waals surface area contributed by atoms with Gasteiger partial charge in [0, 0.05) is 32.3 Å². The predicted molar refractivity (Wildman–Crippen MR) is 90.7 cm³/mol. The molecule has 0 amide bonds. The van der Waals surface area contributed by atoms with Crippen LogP contribution in [0.3, 0.4) is 0 Å². The molecule has 0 saturated carbocycles. The lowest BCUT2D eigenvalue weighted by atomic mass is 9.79. The van der Waals surface area contributed by atoms with Crippen molar-refractivity contribution in [2.24, 2.45) is 5.41 Å². The van der Waals surface area contributed by atoms with E-state index >= 15 is 0 Å². The third-order valence-electron chi connectivity index (χ3n) is 4.56. The van der Waals surface area contributed by atoms with Crippen LogP contribution in [0, 0.1) is 5.41 Å². The smallest absolute Gasteiger partial charge is 0.0472 e. The zero-order valence-corrected chi connectivity index (χ0v) is 14.7. The molecule has 1 aliphatic heterocycles. The summed E-state index contributed by atoms with van der Waals surface area (Å²) in [7, 11) is 2.29. The molecule has 3 nitrogen and oxygen atoms in total. The molecular formula is C16H34N2OS. The van der Waals surface area contributed by atoms with E-state index < -0.39 is 0 Å². The second-order valence-corrected chi connectivity index (χ2v) is 7.32. The summed E-state index contributed by atoms with van der Waals surface area (Å²) >= 11 is 1.95. The van der Waals surface area contributed by atoms with Crippen LogP contribution in [0.2, 0.25) is 0 Å². The van der Waals surface area contributed by atoms with Gasteiger partial charge >= 0.3 is 0 Å². The van der Waals surface area contributed by atoms with E-state index in [0.717, 1.165) is 26.3 Å². The van der Waals surface area contributed by atoms with Crippen molar-refractivity contribution in [3.63, 3.8) is 0 Å². The Kier molecular flexibility index (Phi) is 9.18. The molecule has 0 aromatic heterocycles. The van der Waals surface area contributed by atoms with E-state index in [1.54, 1.807) is 0 Å². The van der Waals surface area contributed by atoms with E-state index in [4.69, 9.17) is 4.74 Å². The number of hydrogen-bond donors (Lipinski definition) is 1. The highest BCUT2D eigenvalue weighted by atomic mass is 32.2. The van der Waals surface area contributed by atoms with Crippen molar-refractivity contribution < 1.29 is 4.74 Å². The molecule has 1 saturated heterocycles. The van der Waals surface area contributed by atoms with Crippen molar-refractivity contribution in [2.45, 2.75) is 45.6 Å². The minimum atomic E-state index is 0.412. The van der Waals surface area contributed by atoms with Crippen LogP contribution in [0.4, 0.5) is 0 Å². The Bertz CT molecular complexity index is 245. The molecular weight excluding hydrogens is 268 g/mol.